The van der Waals surface area contributed by atoms with Gasteiger partial charge in [0, 0.05) is 6.42 Å². The smallest absolute Gasteiger partial charge is 0.0871 e. The summed E-state index contributed by atoms with van der Waals surface area (Å²) in [5.41, 5.74) is 2.88. The summed E-state index contributed by atoms with van der Waals surface area (Å²) in [5.74, 6) is 0. The molecule has 2 unspecified atom stereocenters. The maximum Gasteiger partial charge on any atom is 0.0871 e. The molecule has 0 radical (unpaired) electrons. The predicted molar refractivity (Wildman–Crippen MR) is 55.1 cm³/mol. The van der Waals surface area contributed by atoms with Crippen molar-refractivity contribution in [1.29, 1.82) is 0 Å². The Balaban J connectivity index is 2.18. The summed E-state index contributed by atoms with van der Waals surface area (Å²) in [6, 6.07) is 13.0. The number of hydrogen-bond donors (Lipinski definition) is 0. The van der Waals surface area contributed by atoms with Crippen LogP contribution in [0.25, 0.3) is 10.8 Å². The SMILES string of the molecule is c1ccc2c3c(ccc2c1)C1CC3O1. The Kier molecular flexibility index (Phi) is 1.09. The molecule has 2 heterocycles. The van der Waals surface area contributed by atoms with E-state index in [1.54, 1.807) is 0 Å². The molecule has 2 atom stereocenters. The quantitative estimate of drug-likeness (QED) is 0.607. The van der Waals surface area contributed by atoms with Crippen molar-refractivity contribution < 1.29 is 4.74 Å². The second-order valence-corrected chi connectivity index (χ2v) is 4.14. The van der Waals surface area contributed by atoms with Gasteiger partial charge in [0.2, 0.25) is 0 Å². The van der Waals surface area contributed by atoms with Crippen molar-refractivity contribution in [3.63, 3.8) is 0 Å². The van der Waals surface area contributed by atoms with Crippen molar-refractivity contribution in [2.45, 2.75) is 18.6 Å². The predicted octanol–water partition coefficient (Wildman–Crippen LogP) is 3.36. The maximum atomic E-state index is 5.73. The molecule has 1 heteroatoms. The van der Waals surface area contributed by atoms with Crippen molar-refractivity contribution in [3.05, 3.63) is 47.5 Å². The first-order valence-corrected chi connectivity index (χ1v) is 5.10. The first kappa shape index (κ1) is 7.02. The lowest BCUT2D eigenvalue weighted by atomic mass is 10.0. The molecule has 0 N–H and O–H groups in total. The number of ether oxygens (including phenoxy) is 1. The van der Waals surface area contributed by atoms with Crippen LogP contribution in [0.1, 0.15) is 29.8 Å². The zero-order valence-corrected chi connectivity index (χ0v) is 7.73. The molecule has 1 saturated heterocycles. The third-order valence-electron chi connectivity index (χ3n) is 3.43. The van der Waals surface area contributed by atoms with E-state index in [0.717, 1.165) is 0 Å². The van der Waals surface area contributed by atoms with Gasteiger partial charge in [0.25, 0.3) is 0 Å². The minimum Gasteiger partial charge on any atom is -0.365 e. The summed E-state index contributed by atoms with van der Waals surface area (Å²) in [6.45, 7) is 0. The molecule has 5 rings (SSSR count). The topological polar surface area (TPSA) is 9.23 Å². The monoisotopic (exact) mass is 182 g/mol. The van der Waals surface area contributed by atoms with Crippen LogP contribution in [0.2, 0.25) is 0 Å². The molecule has 1 aliphatic carbocycles. The molecule has 2 aromatic carbocycles. The molecule has 0 aromatic heterocycles. The summed E-state index contributed by atoms with van der Waals surface area (Å²) in [7, 11) is 0. The zero-order chi connectivity index (χ0) is 9.12. The Morgan fingerprint density at radius 1 is 1.00 bits per heavy atom. The first-order chi connectivity index (χ1) is 6.93. The van der Waals surface area contributed by atoms with Gasteiger partial charge in [0.05, 0.1) is 12.2 Å². The zero-order valence-electron chi connectivity index (χ0n) is 7.73. The Morgan fingerprint density at radius 2 is 1.86 bits per heavy atom. The van der Waals surface area contributed by atoms with E-state index in [1.165, 1.54) is 28.3 Å². The Bertz CT molecular complexity index is 524. The summed E-state index contributed by atoms with van der Waals surface area (Å²) in [4.78, 5) is 0. The lowest BCUT2D eigenvalue weighted by Gasteiger charge is -2.24. The first-order valence-electron chi connectivity index (χ1n) is 5.10. The van der Waals surface area contributed by atoms with E-state index >= 15 is 0 Å². The van der Waals surface area contributed by atoms with Gasteiger partial charge in [-0.25, -0.2) is 0 Å². The van der Waals surface area contributed by atoms with Gasteiger partial charge in [-0.05, 0) is 21.9 Å². The number of rotatable bonds is 0. The van der Waals surface area contributed by atoms with Crippen molar-refractivity contribution in [3.8, 4) is 0 Å². The van der Waals surface area contributed by atoms with Crippen LogP contribution in [0.15, 0.2) is 36.4 Å². The molecule has 1 fully saturated rings. The second-order valence-electron chi connectivity index (χ2n) is 4.14. The molecule has 1 nitrogen and oxygen atoms in total. The van der Waals surface area contributed by atoms with Crippen LogP contribution < -0.4 is 0 Å². The molecule has 3 aliphatic rings. The summed E-state index contributed by atoms with van der Waals surface area (Å²) in [5, 5.41) is 2.72. The van der Waals surface area contributed by atoms with Crippen LogP contribution in [0.5, 0.6) is 0 Å². The van der Waals surface area contributed by atoms with Crippen LogP contribution >= 0.6 is 0 Å². The minimum absolute atomic E-state index is 0.390. The highest BCUT2D eigenvalue weighted by molar-refractivity contribution is 5.88. The summed E-state index contributed by atoms with van der Waals surface area (Å²) < 4.78 is 5.73. The molecule has 2 aromatic rings. The third kappa shape index (κ3) is 0.666. The van der Waals surface area contributed by atoms with Crippen molar-refractivity contribution in [2.24, 2.45) is 0 Å². The number of fused-ring (bicyclic) bond motifs is 1. The third-order valence-corrected chi connectivity index (χ3v) is 3.43. The van der Waals surface area contributed by atoms with E-state index in [9.17, 15) is 0 Å². The van der Waals surface area contributed by atoms with Crippen LogP contribution in [-0.4, -0.2) is 0 Å². The fraction of sp³-hybridized carbons (Fsp3) is 0.231. The fourth-order valence-corrected chi connectivity index (χ4v) is 2.72. The van der Waals surface area contributed by atoms with Gasteiger partial charge in [-0.2, -0.15) is 0 Å². The van der Waals surface area contributed by atoms with Crippen molar-refractivity contribution >= 4 is 10.8 Å². The van der Waals surface area contributed by atoms with Gasteiger partial charge >= 0.3 is 0 Å². The largest absolute Gasteiger partial charge is 0.365 e. The molecule has 2 aliphatic heterocycles. The van der Waals surface area contributed by atoms with Gasteiger partial charge in [-0.15, -0.1) is 0 Å². The van der Waals surface area contributed by atoms with Gasteiger partial charge in [0.15, 0.2) is 0 Å². The Morgan fingerprint density at radius 3 is 2.79 bits per heavy atom. The molecule has 0 saturated carbocycles. The van der Waals surface area contributed by atoms with E-state index < -0.39 is 0 Å². The van der Waals surface area contributed by atoms with E-state index in [4.69, 9.17) is 4.74 Å². The standard InChI is InChI=1S/C13H10O/c1-2-4-9-8(3-1)5-6-10-11-7-12(14-11)13(9)10/h1-6,11-12H,7H2. The number of hydrogen-bond acceptors (Lipinski definition) is 1. The summed E-state index contributed by atoms with van der Waals surface area (Å²) >= 11 is 0. The van der Waals surface area contributed by atoms with Gasteiger partial charge in [-0.1, -0.05) is 36.4 Å². The molecule has 14 heavy (non-hydrogen) atoms. The maximum absolute atomic E-state index is 5.73. The van der Waals surface area contributed by atoms with Gasteiger partial charge in [-0.3, -0.25) is 0 Å². The van der Waals surface area contributed by atoms with E-state index in [-0.39, 0.29) is 0 Å². The lowest BCUT2D eigenvalue weighted by Crippen LogP contribution is -2.11. The molecule has 2 bridgehead atoms. The van der Waals surface area contributed by atoms with Gasteiger partial charge < -0.3 is 4.74 Å². The normalized spacial score (nSPS) is 27.4. The van der Waals surface area contributed by atoms with Gasteiger partial charge in [0.1, 0.15) is 0 Å². The average molecular weight is 182 g/mol. The number of benzene rings is 2. The highest BCUT2D eigenvalue weighted by atomic mass is 16.5. The Hall–Kier alpha value is -1.34. The molecule has 0 spiro atoms. The lowest BCUT2D eigenvalue weighted by molar-refractivity contribution is -0.102. The Labute approximate surface area is 82.3 Å². The fourth-order valence-electron chi connectivity index (χ4n) is 2.72. The van der Waals surface area contributed by atoms with Crippen LogP contribution in [0.4, 0.5) is 0 Å². The molecule has 68 valence electrons. The molecule has 0 amide bonds. The molecular weight excluding hydrogens is 172 g/mol. The van der Waals surface area contributed by atoms with Crippen LogP contribution in [-0.2, 0) is 4.74 Å². The van der Waals surface area contributed by atoms with Crippen LogP contribution in [0, 0.1) is 0 Å². The molecular formula is C13H10O. The minimum atomic E-state index is 0.390. The van der Waals surface area contributed by atoms with E-state index in [2.05, 4.69) is 36.4 Å². The highest BCUT2D eigenvalue weighted by Gasteiger charge is 2.43. The van der Waals surface area contributed by atoms with E-state index in [1.807, 2.05) is 0 Å². The van der Waals surface area contributed by atoms with Crippen molar-refractivity contribution in [1.82, 2.24) is 0 Å². The highest BCUT2D eigenvalue weighted by Crippen LogP contribution is 2.56. The second kappa shape index (κ2) is 2.18. The van der Waals surface area contributed by atoms with Crippen molar-refractivity contribution in [2.75, 3.05) is 0 Å². The summed E-state index contributed by atoms with van der Waals surface area (Å²) in [6.07, 6.45) is 1.99. The van der Waals surface area contributed by atoms with E-state index in [0.29, 0.717) is 12.2 Å². The average Bonchev–Trinajstić information content (AvgIpc) is 2.70. The van der Waals surface area contributed by atoms with Crippen LogP contribution in [0.3, 0.4) is 0 Å².